The first-order valence-electron chi connectivity index (χ1n) is 11.2. The molecule has 0 bridgehead atoms. The highest BCUT2D eigenvalue weighted by Gasteiger charge is 2.43. The molecule has 0 amide bonds. The number of alkyl halides is 3. The van der Waals surface area contributed by atoms with E-state index in [9.17, 15) is 35.1 Å². The van der Waals surface area contributed by atoms with Crippen molar-refractivity contribution in [3.8, 4) is 28.0 Å². The van der Waals surface area contributed by atoms with E-state index in [0.29, 0.717) is 12.1 Å². The molecule has 13 heteroatoms. The Kier molecular flexibility index (Phi) is 6.58. The lowest BCUT2D eigenvalue weighted by Crippen LogP contribution is -2.16. The monoisotopic (exact) mass is 590 g/mol. The normalized spacial score (nSPS) is 12.0. The summed E-state index contributed by atoms with van der Waals surface area (Å²) >= 11 is 0. The molecule has 0 aromatic heterocycles. The molecule has 0 fully saturated rings. The molecule has 0 heterocycles. The molecule has 0 N–H and O–H groups in total. The Bertz CT molecular complexity index is 1850. The largest absolute Gasteiger partial charge is 0.491 e. The van der Waals surface area contributed by atoms with Crippen molar-refractivity contribution in [1.29, 1.82) is 0 Å². The first-order valence-corrected chi connectivity index (χ1v) is 11.2. The average Bonchev–Trinajstić information content (AvgIpc) is 2.91. The fraction of sp³-hybridized carbons (Fsp3) is 0.0714. The summed E-state index contributed by atoms with van der Waals surface area (Å²) in [4.78, 5) is 0. The Labute approximate surface area is 221 Å². The molecule has 5 aromatic rings. The van der Waals surface area contributed by atoms with Crippen LogP contribution in [0.1, 0.15) is 5.56 Å². The Morgan fingerprint density at radius 1 is 0.488 bits per heavy atom. The standard InChI is InChI=1S/C28H10F12O/c1-41-27-25(36)21(32)16(22(33)26(27)37)14-10-4-2-3-5-11(10)15(13-8-9(29)6-7-12(13)14)17-19(30)23(34)18(28(38,39)40)24(35)20(17)31/h2-8H,1H3. The third-order valence-corrected chi connectivity index (χ3v) is 6.46. The van der Waals surface area contributed by atoms with Gasteiger partial charge in [0.1, 0.15) is 11.4 Å². The first kappa shape index (κ1) is 28.1. The summed E-state index contributed by atoms with van der Waals surface area (Å²) in [7, 11) is 0.730. The van der Waals surface area contributed by atoms with Crippen LogP contribution in [-0.4, -0.2) is 7.11 Å². The first-order chi connectivity index (χ1) is 19.2. The molecule has 0 spiro atoms. The van der Waals surface area contributed by atoms with Gasteiger partial charge in [0.15, 0.2) is 40.7 Å². The van der Waals surface area contributed by atoms with Crippen molar-refractivity contribution in [2.45, 2.75) is 6.18 Å². The molecule has 0 aliphatic rings. The van der Waals surface area contributed by atoms with E-state index in [1.807, 2.05) is 0 Å². The fourth-order valence-electron chi connectivity index (χ4n) is 4.80. The number of ether oxygens (including phenoxy) is 1. The predicted molar refractivity (Wildman–Crippen MR) is 124 cm³/mol. The highest BCUT2D eigenvalue weighted by Crippen LogP contribution is 2.49. The average molecular weight is 590 g/mol. The van der Waals surface area contributed by atoms with Gasteiger partial charge in [-0.3, -0.25) is 0 Å². The molecule has 0 atom stereocenters. The van der Waals surface area contributed by atoms with Gasteiger partial charge in [-0.05, 0) is 33.7 Å². The smallest absolute Gasteiger partial charge is 0.422 e. The van der Waals surface area contributed by atoms with Gasteiger partial charge in [-0.2, -0.15) is 22.0 Å². The molecule has 0 saturated carbocycles. The minimum Gasteiger partial charge on any atom is -0.491 e. The molecule has 212 valence electrons. The topological polar surface area (TPSA) is 9.23 Å². The van der Waals surface area contributed by atoms with Crippen LogP contribution >= 0.6 is 0 Å². The third-order valence-electron chi connectivity index (χ3n) is 6.46. The molecule has 1 nitrogen and oxygen atoms in total. The third kappa shape index (κ3) is 4.05. The lowest BCUT2D eigenvalue weighted by atomic mass is 9.84. The summed E-state index contributed by atoms with van der Waals surface area (Å²) in [6, 6.07) is 6.39. The van der Waals surface area contributed by atoms with E-state index in [1.165, 1.54) is 6.07 Å². The second-order valence-electron chi connectivity index (χ2n) is 8.65. The SMILES string of the molecule is COc1c(F)c(F)c(-c2c3ccccc3c(-c3c(F)c(F)c(C(F)(F)F)c(F)c3F)c3cc(F)ccc23)c(F)c1F. The number of benzene rings is 5. The Morgan fingerprint density at radius 2 is 0.902 bits per heavy atom. The summed E-state index contributed by atoms with van der Waals surface area (Å²) in [6.45, 7) is 0. The summed E-state index contributed by atoms with van der Waals surface area (Å²) in [5.41, 5.74) is -7.50. The number of halogens is 12. The van der Waals surface area contributed by atoms with Gasteiger partial charge in [-0.1, -0.05) is 30.3 Å². The molecule has 0 radical (unpaired) electrons. The van der Waals surface area contributed by atoms with E-state index in [-0.39, 0.29) is 0 Å². The van der Waals surface area contributed by atoms with Crippen LogP contribution in [-0.2, 0) is 6.18 Å². The van der Waals surface area contributed by atoms with Gasteiger partial charge in [0.05, 0.1) is 18.2 Å². The van der Waals surface area contributed by atoms with Crippen LogP contribution in [0.5, 0.6) is 5.75 Å². The van der Waals surface area contributed by atoms with Crippen molar-refractivity contribution in [2.75, 3.05) is 7.11 Å². The molecular weight excluding hydrogens is 580 g/mol. The molecule has 0 saturated heterocycles. The molecule has 41 heavy (non-hydrogen) atoms. The van der Waals surface area contributed by atoms with Crippen LogP contribution in [0.15, 0.2) is 42.5 Å². The van der Waals surface area contributed by atoms with Gasteiger partial charge >= 0.3 is 6.18 Å². The van der Waals surface area contributed by atoms with E-state index in [0.717, 1.165) is 31.4 Å². The van der Waals surface area contributed by atoms with Crippen LogP contribution in [0.2, 0.25) is 0 Å². The summed E-state index contributed by atoms with van der Waals surface area (Å²) in [6.07, 6.45) is -5.86. The lowest BCUT2D eigenvalue weighted by Gasteiger charge is -2.21. The van der Waals surface area contributed by atoms with Gasteiger partial charge in [-0.15, -0.1) is 0 Å². The quantitative estimate of drug-likeness (QED) is 0.116. The van der Waals surface area contributed by atoms with E-state index >= 15 is 17.6 Å². The van der Waals surface area contributed by atoms with Crippen molar-refractivity contribution in [3.63, 3.8) is 0 Å². The van der Waals surface area contributed by atoms with Crippen molar-refractivity contribution in [2.24, 2.45) is 0 Å². The summed E-state index contributed by atoms with van der Waals surface area (Å²) < 4.78 is 178. The van der Waals surface area contributed by atoms with Crippen molar-refractivity contribution < 1.29 is 57.4 Å². The predicted octanol–water partition coefficient (Wildman–Crippen LogP) is 9.61. The second kappa shape index (κ2) is 9.60. The summed E-state index contributed by atoms with van der Waals surface area (Å²) in [5.74, 6) is -21.1. The molecule has 5 rings (SSSR count). The molecule has 5 aromatic carbocycles. The van der Waals surface area contributed by atoms with Crippen LogP contribution in [0, 0.1) is 52.4 Å². The Hall–Kier alpha value is -4.42. The van der Waals surface area contributed by atoms with Gasteiger partial charge in [0.25, 0.3) is 0 Å². The number of hydrogen-bond acceptors (Lipinski definition) is 1. The Morgan fingerprint density at radius 3 is 1.34 bits per heavy atom. The lowest BCUT2D eigenvalue weighted by molar-refractivity contribution is -0.143. The van der Waals surface area contributed by atoms with E-state index in [2.05, 4.69) is 4.74 Å². The van der Waals surface area contributed by atoms with Gasteiger partial charge < -0.3 is 4.74 Å². The minimum absolute atomic E-state index is 0.428. The molecule has 0 aliphatic carbocycles. The van der Waals surface area contributed by atoms with Crippen LogP contribution < -0.4 is 4.74 Å². The maximum Gasteiger partial charge on any atom is 0.422 e. The molecule has 0 aliphatic heterocycles. The maximum absolute atomic E-state index is 15.3. The molecular formula is C28H10F12O. The second-order valence-corrected chi connectivity index (χ2v) is 8.65. The number of rotatable bonds is 3. The zero-order valence-electron chi connectivity index (χ0n) is 20.0. The number of methoxy groups -OCH3 is 1. The van der Waals surface area contributed by atoms with Gasteiger partial charge in [0, 0.05) is 11.1 Å². The zero-order valence-corrected chi connectivity index (χ0v) is 20.0. The number of fused-ring (bicyclic) bond motifs is 2. The highest BCUT2D eigenvalue weighted by molar-refractivity contribution is 6.21. The van der Waals surface area contributed by atoms with Crippen molar-refractivity contribution >= 4 is 21.5 Å². The highest BCUT2D eigenvalue weighted by atomic mass is 19.4. The number of hydrogen-bond donors (Lipinski definition) is 0. The minimum atomic E-state index is -5.86. The van der Waals surface area contributed by atoms with Crippen LogP contribution in [0.3, 0.4) is 0 Å². The van der Waals surface area contributed by atoms with E-state index in [1.54, 1.807) is 0 Å². The molecule has 0 unspecified atom stereocenters. The van der Waals surface area contributed by atoms with Crippen molar-refractivity contribution in [3.05, 3.63) is 100 Å². The van der Waals surface area contributed by atoms with Gasteiger partial charge in [-0.25, -0.2) is 30.7 Å². The Balaban J connectivity index is 2.06. The maximum atomic E-state index is 15.3. The van der Waals surface area contributed by atoms with Crippen molar-refractivity contribution in [1.82, 2.24) is 0 Å². The van der Waals surface area contributed by atoms with Crippen LogP contribution in [0.25, 0.3) is 43.8 Å². The zero-order chi connectivity index (χ0) is 30.1. The summed E-state index contributed by atoms with van der Waals surface area (Å²) in [5, 5.41) is -2.21. The van der Waals surface area contributed by atoms with E-state index < -0.39 is 114 Å². The van der Waals surface area contributed by atoms with Gasteiger partial charge in [0.2, 0.25) is 11.6 Å². The van der Waals surface area contributed by atoms with Crippen LogP contribution in [0.4, 0.5) is 52.7 Å². The van der Waals surface area contributed by atoms with E-state index in [4.69, 9.17) is 0 Å². The fourth-order valence-corrected chi connectivity index (χ4v) is 4.80.